The van der Waals surface area contributed by atoms with E-state index in [0.717, 1.165) is 31.8 Å². The molecule has 1 saturated carbocycles. The van der Waals surface area contributed by atoms with Crippen LogP contribution in [0.4, 0.5) is 0 Å². The highest BCUT2D eigenvalue weighted by Crippen LogP contribution is 2.29. The van der Waals surface area contributed by atoms with Crippen LogP contribution < -0.4 is 5.32 Å². The number of nitrogens with one attached hydrogen (secondary N) is 1. The van der Waals surface area contributed by atoms with E-state index < -0.39 is 0 Å². The maximum absolute atomic E-state index is 12.2. The van der Waals surface area contributed by atoms with Gasteiger partial charge in [0.2, 0.25) is 5.91 Å². The SMILES string of the molecule is CC(C)(C)C(=O)NC1CC(CCO)CN(CC2CCC2)C1. The summed E-state index contributed by atoms with van der Waals surface area (Å²) in [5, 5.41) is 12.5. The maximum Gasteiger partial charge on any atom is 0.225 e. The molecule has 2 N–H and O–H groups in total. The molecule has 2 atom stereocenters. The lowest BCUT2D eigenvalue weighted by molar-refractivity contribution is -0.129. The maximum atomic E-state index is 12.2. The van der Waals surface area contributed by atoms with Gasteiger partial charge >= 0.3 is 0 Å². The van der Waals surface area contributed by atoms with E-state index >= 15 is 0 Å². The van der Waals surface area contributed by atoms with Gasteiger partial charge in [-0.1, -0.05) is 27.2 Å². The highest BCUT2D eigenvalue weighted by atomic mass is 16.3. The molecule has 0 bridgehead atoms. The van der Waals surface area contributed by atoms with Crippen LogP contribution in [0.25, 0.3) is 0 Å². The van der Waals surface area contributed by atoms with E-state index in [0.29, 0.717) is 5.92 Å². The van der Waals surface area contributed by atoms with Crippen LogP contribution in [0.2, 0.25) is 0 Å². The third-order valence-electron chi connectivity index (χ3n) is 4.91. The molecule has 0 radical (unpaired) electrons. The Morgan fingerprint density at radius 2 is 1.95 bits per heavy atom. The minimum Gasteiger partial charge on any atom is -0.396 e. The molecule has 1 aliphatic heterocycles. The summed E-state index contributed by atoms with van der Waals surface area (Å²) >= 11 is 0. The average Bonchev–Trinajstić information content (AvgIpc) is 2.33. The van der Waals surface area contributed by atoms with Crippen LogP contribution in [0, 0.1) is 17.3 Å². The number of likely N-dealkylation sites (tertiary alicyclic amines) is 1. The number of piperidine rings is 1. The summed E-state index contributed by atoms with van der Waals surface area (Å²) in [5.41, 5.74) is -0.331. The Balaban J connectivity index is 1.90. The van der Waals surface area contributed by atoms with Crippen molar-refractivity contribution in [2.45, 2.75) is 58.9 Å². The average molecular weight is 296 g/mol. The molecule has 1 aliphatic carbocycles. The van der Waals surface area contributed by atoms with Gasteiger partial charge in [-0.05, 0) is 37.5 Å². The molecule has 0 aromatic carbocycles. The summed E-state index contributed by atoms with van der Waals surface area (Å²) in [6.45, 7) is 9.36. The number of amides is 1. The molecular weight excluding hydrogens is 264 g/mol. The van der Waals surface area contributed by atoms with Crippen molar-refractivity contribution in [2.75, 3.05) is 26.2 Å². The van der Waals surface area contributed by atoms with Gasteiger partial charge in [0.05, 0.1) is 0 Å². The van der Waals surface area contributed by atoms with Gasteiger partial charge < -0.3 is 15.3 Å². The Hall–Kier alpha value is -0.610. The lowest BCUT2D eigenvalue weighted by Gasteiger charge is -2.41. The largest absolute Gasteiger partial charge is 0.396 e. The van der Waals surface area contributed by atoms with Crippen molar-refractivity contribution in [2.24, 2.45) is 17.3 Å². The van der Waals surface area contributed by atoms with Gasteiger partial charge in [0, 0.05) is 37.7 Å². The Kier molecular flexibility index (Phi) is 5.67. The van der Waals surface area contributed by atoms with Crippen molar-refractivity contribution in [3.63, 3.8) is 0 Å². The van der Waals surface area contributed by atoms with Crippen LogP contribution in [-0.2, 0) is 4.79 Å². The minimum atomic E-state index is -0.331. The first-order valence-corrected chi connectivity index (χ1v) is 8.52. The van der Waals surface area contributed by atoms with Crippen molar-refractivity contribution < 1.29 is 9.90 Å². The molecule has 2 rings (SSSR count). The van der Waals surface area contributed by atoms with E-state index in [1.807, 2.05) is 20.8 Å². The third kappa shape index (κ3) is 4.96. The van der Waals surface area contributed by atoms with Gasteiger partial charge in [0.1, 0.15) is 0 Å². The second-order valence-corrected chi connectivity index (χ2v) is 8.05. The summed E-state index contributed by atoms with van der Waals surface area (Å²) in [7, 11) is 0. The van der Waals surface area contributed by atoms with E-state index in [1.165, 1.54) is 25.8 Å². The van der Waals surface area contributed by atoms with E-state index in [-0.39, 0.29) is 24.0 Å². The summed E-state index contributed by atoms with van der Waals surface area (Å²) in [6.07, 6.45) is 5.95. The molecule has 1 saturated heterocycles. The Labute approximate surface area is 129 Å². The second kappa shape index (κ2) is 7.10. The normalized spacial score (nSPS) is 28.2. The van der Waals surface area contributed by atoms with E-state index in [9.17, 15) is 9.90 Å². The fourth-order valence-electron chi connectivity index (χ4n) is 3.39. The molecule has 2 fully saturated rings. The molecule has 4 heteroatoms. The molecule has 2 unspecified atom stereocenters. The minimum absolute atomic E-state index is 0.140. The first kappa shape index (κ1) is 16.8. The second-order valence-electron chi connectivity index (χ2n) is 8.05. The number of carbonyl (C=O) groups excluding carboxylic acids is 1. The van der Waals surface area contributed by atoms with Gasteiger partial charge in [-0.2, -0.15) is 0 Å². The van der Waals surface area contributed by atoms with Crippen molar-refractivity contribution in [1.82, 2.24) is 10.2 Å². The van der Waals surface area contributed by atoms with Gasteiger partial charge in [-0.25, -0.2) is 0 Å². The predicted octanol–water partition coefficient (Wildman–Crippen LogP) is 2.02. The standard InChI is InChI=1S/C17H32N2O2/c1-17(2,3)16(21)18-15-9-14(7-8-20)11-19(12-15)10-13-5-4-6-13/h13-15,20H,4-12H2,1-3H3,(H,18,21). The van der Waals surface area contributed by atoms with Crippen LogP contribution in [0.15, 0.2) is 0 Å². The number of aliphatic hydroxyl groups is 1. The summed E-state index contributed by atoms with van der Waals surface area (Å²) in [5.74, 6) is 1.51. The van der Waals surface area contributed by atoms with Crippen LogP contribution in [-0.4, -0.2) is 48.2 Å². The Morgan fingerprint density at radius 3 is 2.48 bits per heavy atom. The van der Waals surface area contributed by atoms with E-state index in [1.54, 1.807) is 0 Å². The molecule has 0 spiro atoms. The van der Waals surface area contributed by atoms with Crippen molar-refractivity contribution in [3.8, 4) is 0 Å². The summed E-state index contributed by atoms with van der Waals surface area (Å²) in [4.78, 5) is 14.7. The van der Waals surface area contributed by atoms with Gasteiger partial charge in [0.25, 0.3) is 0 Å². The topological polar surface area (TPSA) is 52.6 Å². The lowest BCUT2D eigenvalue weighted by atomic mass is 9.83. The number of hydrogen-bond donors (Lipinski definition) is 2. The predicted molar refractivity (Wildman–Crippen MR) is 85.0 cm³/mol. The molecule has 4 nitrogen and oxygen atoms in total. The Bertz CT molecular complexity index is 347. The highest BCUT2D eigenvalue weighted by Gasteiger charge is 2.32. The first-order valence-electron chi connectivity index (χ1n) is 8.52. The van der Waals surface area contributed by atoms with E-state index in [2.05, 4.69) is 10.2 Å². The fourth-order valence-corrected chi connectivity index (χ4v) is 3.39. The molecule has 0 aromatic heterocycles. The summed E-state index contributed by atoms with van der Waals surface area (Å²) < 4.78 is 0. The van der Waals surface area contributed by atoms with Gasteiger partial charge in [-0.3, -0.25) is 4.79 Å². The first-order chi connectivity index (χ1) is 9.88. The zero-order valence-corrected chi connectivity index (χ0v) is 13.9. The van der Waals surface area contributed by atoms with Gasteiger partial charge in [-0.15, -0.1) is 0 Å². The number of aliphatic hydroxyl groups excluding tert-OH is 1. The van der Waals surface area contributed by atoms with Crippen molar-refractivity contribution in [1.29, 1.82) is 0 Å². The van der Waals surface area contributed by atoms with Crippen LogP contribution >= 0.6 is 0 Å². The third-order valence-corrected chi connectivity index (χ3v) is 4.91. The molecular formula is C17H32N2O2. The molecule has 122 valence electrons. The molecule has 1 heterocycles. The van der Waals surface area contributed by atoms with Crippen LogP contribution in [0.1, 0.15) is 52.9 Å². The molecule has 0 aromatic rings. The monoisotopic (exact) mass is 296 g/mol. The smallest absolute Gasteiger partial charge is 0.225 e. The molecule has 21 heavy (non-hydrogen) atoms. The molecule has 2 aliphatic rings. The Morgan fingerprint density at radius 1 is 1.24 bits per heavy atom. The zero-order chi connectivity index (χ0) is 15.5. The number of hydrogen-bond acceptors (Lipinski definition) is 3. The van der Waals surface area contributed by atoms with Crippen molar-refractivity contribution in [3.05, 3.63) is 0 Å². The van der Waals surface area contributed by atoms with Crippen LogP contribution in [0.5, 0.6) is 0 Å². The lowest BCUT2D eigenvalue weighted by Crippen LogP contribution is -2.54. The fraction of sp³-hybridized carbons (Fsp3) is 0.941. The van der Waals surface area contributed by atoms with Crippen LogP contribution in [0.3, 0.4) is 0 Å². The highest BCUT2D eigenvalue weighted by molar-refractivity contribution is 5.81. The zero-order valence-electron chi connectivity index (χ0n) is 13.9. The van der Waals surface area contributed by atoms with E-state index in [4.69, 9.17) is 0 Å². The van der Waals surface area contributed by atoms with Gasteiger partial charge in [0.15, 0.2) is 0 Å². The number of rotatable bonds is 5. The molecule has 1 amide bonds. The summed E-state index contributed by atoms with van der Waals surface area (Å²) in [6, 6.07) is 0.238. The van der Waals surface area contributed by atoms with Crippen molar-refractivity contribution >= 4 is 5.91 Å². The number of nitrogens with zero attached hydrogens (tertiary/aromatic N) is 1. The number of carbonyl (C=O) groups is 1. The quantitative estimate of drug-likeness (QED) is 0.816.